The molecule has 0 aromatic heterocycles. The molecule has 2 heteroatoms. The van der Waals surface area contributed by atoms with Crippen LogP contribution in [0.15, 0.2) is 42.0 Å². The van der Waals surface area contributed by atoms with Crippen molar-refractivity contribution >= 4 is 11.5 Å². The first-order valence-corrected chi connectivity index (χ1v) is 5.27. The predicted molar refractivity (Wildman–Crippen MR) is 62.0 cm³/mol. The molecule has 0 bridgehead atoms. The molecule has 2 rings (SSSR count). The summed E-state index contributed by atoms with van der Waals surface area (Å²) in [6.07, 6.45) is 2.64. The molecule has 15 heavy (non-hydrogen) atoms. The topological polar surface area (TPSA) is 20.3 Å². The highest BCUT2D eigenvalue weighted by Gasteiger charge is 2.13. The van der Waals surface area contributed by atoms with Crippen LogP contribution in [0, 0.1) is 0 Å². The molecule has 1 aliphatic heterocycles. The number of benzene rings is 1. The van der Waals surface area contributed by atoms with E-state index in [1.54, 1.807) is 0 Å². The summed E-state index contributed by atoms with van der Waals surface area (Å²) in [5.74, 6) is 0.272. The molecular weight excluding hydrogens is 186 g/mol. The summed E-state index contributed by atoms with van der Waals surface area (Å²) < 4.78 is 0. The van der Waals surface area contributed by atoms with Gasteiger partial charge in [0.05, 0.1) is 0 Å². The van der Waals surface area contributed by atoms with E-state index in [1.807, 2.05) is 31.2 Å². The van der Waals surface area contributed by atoms with E-state index in [9.17, 15) is 4.79 Å². The highest BCUT2D eigenvalue weighted by molar-refractivity contribution is 5.95. The number of carbonyl (C=O) groups excluding carboxylic acids is 1. The summed E-state index contributed by atoms with van der Waals surface area (Å²) in [5.41, 5.74) is 2.09. The van der Waals surface area contributed by atoms with Crippen LogP contribution in [0.5, 0.6) is 0 Å². The number of nitrogens with zero attached hydrogens (tertiary/aromatic N) is 1. The molecule has 0 N–H and O–H groups in total. The molecule has 0 saturated heterocycles. The van der Waals surface area contributed by atoms with Gasteiger partial charge in [0.25, 0.3) is 0 Å². The van der Waals surface area contributed by atoms with Gasteiger partial charge in [-0.2, -0.15) is 0 Å². The normalized spacial score (nSPS) is 17.3. The van der Waals surface area contributed by atoms with Crippen molar-refractivity contribution < 1.29 is 4.79 Å². The van der Waals surface area contributed by atoms with E-state index in [4.69, 9.17) is 0 Å². The van der Waals surface area contributed by atoms with Crippen LogP contribution in [0.3, 0.4) is 0 Å². The van der Waals surface area contributed by atoms with Crippen LogP contribution in [-0.4, -0.2) is 18.9 Å². The molecule has 0 fully saturated rings. The molecule has 2 nitrogen and oxygen atoms in total. The highest BCUT2D eigenvalue weighted by Crippen LogP contribution is 2.16. The van der Waals surface area contributed by atoms with E-state index < -0.39 is 0 Å². The van der Waals surface area contributed by atoms with Crippen LogP contribution in [0.4, 0.5) is 5.69 Å². The Morgan fingerprint density at radius 1 is 1.20 bits per heavy atom. The molecule has 0 unspecified atom stereocenters. The largest absolute Gasteiger partial charge is 0.367 e. The number of para-hydroxylation sites is 1. The molecule has 0 radical (unpaired) electrons. The SMILES string of the molecule is CC1=CCN(c2ccccc2)CCC1=O. The van der Waals surface area contributed by atoms with Gasteiger partial charge < -0.3 is 4.90 Å². The van der Waals surface area contributed by atoms with Gasteiger partial charge in [0, 0.05) is 25.2 Å². The first-order chi connectivity index (χ1) is 7.27. The third kappa shape index (κ3) is 2.27. The molecule has 0 amide bonds. The maximum absolute atomic E-state index is 11.5. The number of hydrogen-bond donors (Lipinski definition) is 0. The molecule has 1 aromatic carbocycles. The van der Waals surface area contributed by atoms with Crippen LogP contribution in [0.2, 0.25) is 0 Å². The Bertz CT molecular complexity index is 381. The molecule has 78 valence electrons. The van der Waals surface area contributed by atoms with Crippen LogP contribution in [-0.2, 0) is 4.79 Å². The van der Waals surface area contributed by atoms with E-state index >= 15 is 0 Å². The lowest BCUT2D eigenvalue weighted by Crippen LogP contribution is -2.23. The Morgan fingerprint density at radius 3 is 2.67 bits per heavy atom. The van der Waals surface area contributed by atoms with Gasteiger partial charge in [-0.15, -0.1) is 0 Å². The summed E-state index contributed by atoms with van der Waals surface area (Å²) in [7, 11) is 0. The minimum absolute atomic E-state index is 0.272. The van der Waals surface area contributed by atoms with Gasteiger partial charge in [0.1, 0.15) is 0 Å². The van der Waals surface area contributed by atoms with Crippen LogP contribution in [0.25, 0.3) is 0 Å². The number of Topliss-reactive ketones (excluding diaryl/α,β-unsaturated/α-hetero) is 1. The molecule has 1 heterocycles. The van der Waals surface area contributed by atoms with Crippen molar-refractivity contribution in [3.8, 4) is 0 Å². The van der Waals surface area contributed by atoms with Crippen molar-refractivity contribution in [2.75, 3.05) is 18.0 Å². The zero-order valence-corrected chi connectivity index (χ0v) is 8.94. The first kappa shape index (κ1) is 9.97. The summed E-state index contributed by atoms with van der Waals surface area (Å²) in [4.78, 5) is 13.7. The first-order valence-electron chi connectivity index (χ1n) is 5.27. The van der Waals surface area contributed by atoms with Crippen LogP contribution >= 0.6 is 0 Å². The van der Waals surface area contributed by atoms with Gasteiger partial charge in [-0.1, -0.05) is 24.3 Å². The van der Waals surface area contributed by atoms with Crippen molar-refractivity contribution in [2.45, 2.75) is 13.3 Å². The lowest BCUT2D eigenvalue weighted by atomic mass is 10.1. The molecule has 0 aliphatic carbocycles. The van der Waals surface area contributed by atoms with Gasteiger partial charge in [0.15, 0.2) is 5.78 Å². The average molecular weight is 201 g/mol. The smallest absolute Gasteiger partial charge is 0.160 e. The zero-order chi connectivity index (χ0) is 10.7. The number of allylic oxidation sites excluding steroid dienone is 1. The summed E-state index contributed by atoms with van der Waals surface area (Å²) in [5, 5.41) is 0. The van der Waals surface area contributed by atoms with Gasteiger partial charge in [-0.25, -0.2) is 0 Å². The number of rotatable bonds is 1. The molecular formula is C13H15NO. The Morgan fingerprint density at radius 2 is 1.93 bits per heavy atom. The minimum Gasteiger partial charge on any atom is -0.367 e. The lowest BCUT2D eigenvalue weighted by molar-refractivity contribution is -0.115. The summed E-state index contributed by atoms with van der Waals surface area (Å²) >= 11 is 0. The van der Waals surface area contributed by atoms with E-state index in [-0.39, 0.29) is 5.78 Å². The fourth-order valence-electron chi connectivity index (χ4n) is 1.76. The van der Waals surface area contributed by atoms with Crippen LogP contribution < -0.4 is 4.90 Å². The van der Waals surface area contributed by atoms with E-state index in [2.05, 4.69) is 17.0 Å². The Labute approximate surface area is 90.2 Å². The number of hydrogen-bond acceptors (Lipinski definition) is 2. The zero-order valence-electron chi connectivity index (χ0n) is 8.94. The number of ketones is 1. The standard InChI is InChI=1S/C13H15NO/c1-11-7-9-14(10-8-13(11)15)12-5-3-2-4-6-12/h2-7H,8-10H2,1H3. The lowest BCUT2D eigenvalue weighted by Gasteiger charge is -2.21. The van der Waals surface area contributed by atoms with Crippen molar-refractivity contribution in [3.63, 3.8) is 0 Å². The predicted octanol–water partition coefficient (Wildman–Crippen LogP) is 2.41. The number of anilines is 1. The van der Waals surface area contributed by atoms with Gasteiger partial charge in [0.2, 0.25) is 0 Å². The molecule has 1 aromatic rings. The quantitative estimate of drug-likeness (QED) is 0.695. The monoisotopic (exact) mass is 201 g/mol. The fourth-order valence-corrected chi connectivity index (χ4v) is 1.76. The molecule has 0 atom stereocenters. The van der Waals surface area contributed by atoms with Crippen molar-refractivity contribution in [3.05, 3.63) is 42.0 Å². The third-order valence-electron chi connectivity index (χ3n) is 2.79. The van der Waals surface area contributed by atoms with Gasteiger partial charge in [-0.05, 0) is 24.6 Å². The fraction of sp³-hybridized carbons (Fsp3) is 0.308. The Kier molecular flexibility index (Phi) is 2.86. The third-order valence-corrected chi connectivity index (χ3v) is 2.79. The molecule has 1 aliphatic rings. The van der Waals surface area contributed by atoms with E-state index in [1.165, 1.54) is 5.69 Å². The highest BCUT2D eigenvalue weighted by atomic mass is 16.1. The summed E-state index contributed by atoms with van der Waals surface area (Å²) in [6, 6.07) is 10.2. The van der Waals surface area contributed by atoms with E-state index in [0.717, 1.165) is 18.7 Å². The van der Waals surface area contributed by atoms with E-state index in [0.29, 0.717) is 6.42 Å². The maximum Gasteiger partial charge on any atom is 0.160 e. The van der Waals surface area contributed by atoms with Crippen molar-refractivity contribution in [1.29, 1.82) is 0 Å². The van der Waals surface area contributed by atoms with Gasteiger partial charge >= 0.3 is 0 Å². The minimum atomic E-state index is 0.272. The second-order valence-electron chi connectivity index (χ2n) is 3.84. The second kappa shape index (κ2) is 4.30. The van der Waals surface area contributed by atoms with Crippen molar-refractivity contribution in [1.82, 2.24) is 0 Å². The Balaban J connectivity index is 2.17. The van der Waals surface area contributed by atoms with Crippen molar-refractivity contribution in [2.24, 2.45) is 0 Å². The molecule has 0 saturated carbocycles. The Hall–Kier alpha value is -1.57. The maximum atomic E-state index is 11.5. The number of carbonyl (C=O) groups is 1. The second-order valence-corrected chi connectivity index (χ2v) is 3.84. The van der Waals surface area contributed by atoms with Crippen LogP contribution in [0.1, 0.15) is 13.3 Å². The molecule has 0 spiro atoms. The average Bonchev–Trinajstić information content (AvgIpc) is 2.44. The summed E-state index contributed by atoms with van der Waals surface area (Å²) in [6.45, 7) is 3.55. The van der Waals surface area contributed by atoms with Gasteiger partial charge in [-0.3, -0.25) is 4.79 Å².